The standard InChI is InChI=1S/C14H20N2O3/c1-11(7-8-14(15)18)9-16(10-17)12-5-3-4-6-13(12)19-2/h3-6,10-11H,7-9H2,1-2H3,(H2,15,18). The van der Waals surface area contributed by atoms with Gasteiger partial charge in [0.15, 0.2) is 0 Å². The van der Waals surface area contributed by atoms with Gasteiger partial charge in [-0.25, -0.2) is 0 Å². The molecule has 1 unspecified atom stereocenters. The third-order valence-electron chi connectivity index (χ3n) is 2.91. The van der Waals surface area contributed by atoms with Crippen molar-refractivity contribution in [2.75, 3.05) is 18.6 Å². The van der Waals surface area contributed by atoms with E-state index in [4.69, 9.17) is 10.5 Å². The number of hydrogen-bond donors (Lipinski definition) is 1. The zero-order chi connectivity index (χ0) is 14.3. The summed E-state index contributed by atoms with van der Waals surface area (Å²) in [7, 11) is 1.57. The number of carbonyl (C=O) groups is 2. The van der Waals surface area contributed by atoms with Gasteiger partial charge in [-0.1, -0.05) is 19.1 Å². The summed E-state index contributed by atoms with van der Waals surface area (Å²) in [5.41, 5.74) is 5.85. The molecule has 2 N–H and O–H groups in total. The Morgan fingerprint density at radius 2 is 2.16 bits per heavy atom. The van der Waals surface area contributed by atoms with Crippen molar-refractivity contribution < 1.29 is 14.3 Å². The summed E-state index contributed by atoms with van der Waals surface area (Å²) in [5.74, 6) is 0.515. The number of ether oxygens (including phenoxy) is 1. The van der Waals surface area contributed by atoms with Crippen LogP contribution in [-0.2, 0) is 9.59 Å². The number of anilines is 1. The van der Waals surface area contributed by atoms with Crippen LogP contribution in [0.1, 0.15) is 19.8 Å². The molecule has 0 bridgehead atoms. The highest BCUT2D eigenvalue weighted by molar-refractivity contribution is 5.78. The van der Waals surface area contributed by atoms with Crippen molar-refractivity contribution >= 4 is 18.0 Å². The van der Waals surface area contributed by atoms with Crippen molar-refractivity contribution in [2.45, 2.75) is 19.8 Å². The first-order valence-corrected chi connectivity index (χ1v) is 6.21. The summed E-state index contributed by atoms with van der Waals surface area (Å²) in [6.07, 6.45) is 1.77. The third kappa shape index (κ3) is 4.62. The summed E-state index contributed by atoms with van der Waals surface area (Å²) in [4.78, 5) is 23.6. The maximum absolute atomic E-state index is 11.2. The van der Waals surface area contributed by atoms with E-state index < -0.39 is 0 Å². The smallest absolute Gasteiger partial charge is 0.217 e. The molecule has 2 amide bonds. The molecular weight excluding hydrogens is 244 g/mol. The molecule has 0 fully saturated rings. The number of benzene rings is 1. The van der Waals surface area contributed by atoms with Crippen LogP contribution in [0.2, 0.25) is 0 Å². The Bertz CT molecular complexity index is 434. The number of rotatable bonds is 8. The number of amides is 2. The van der Waals surface area contributed by atoms with Gasteiger partial charge < -0.3 is 15.4 Å². The van der Waals surface area contributed by atoms with Gasteiger partial charge in [-0.2, -0.15) is 0 Å². The first-order valence-electron chi connectivity index (χ1n) is 6.21. The molecule has 0 heterocycles. The molecule has 1 aromatic rings. The van der Waals surface area contributed by atoms with E-state index in [-0.39, 0.29) is 11.8 Å². The average molecular weight is 264 g/mol. The van der Waals surface area contributed by atoms with Crippen LogP contribution < -0.4 is 15.4 Å². The van der Waals surface area contributed by atoms with E-state index >= 15 is 0 Å². The van der Waals surface area contributed by atoms with Gasteiger partial charge in [0.1, 0.15) is 5.75 Å². The molecule has 0 saturated heterocycles. The average Bonchev–Trinajstić information content (AvgIpc) is 2.42. The molecule has 0 aliphatic rings. The molecule has 1 atom stereocenters. The van der Waals surface area contributed by atoms with Crippen molar-refractivity contribution in [3.63, 3.8) is 0 Å². The van der Waals surface area contributed by atoms with Crippen LogP contribution in [0.3, 0.4) is 0 Å². The first kappa shape index (κ1) is 15.0. The minimum Gasteiger partial charge on any atom is -0.495 e. The molecular formula is C14H20N2O3. The molecule has 0 saturated carbocycles. The first-order chi connectivity index (χ1) is 9.08. The maximum atomic E-state index is 11.2. The number of para-hydroxylation sites is 2. The highest BCUT2D eigenvalue weighted by Gasteiger charge is 2.14. The predicted molar refractivity (Wildman–Crippen MR) is 74.0 cm³/mol. The second-order valence-corrected chi connectivity index (χ2v) is 4.54. The lowest BCUT2D eigenvalue weighted by Gasteiger charge is -2.23. The summed E-state index contributed by atoms with van der Waals surface area (Å²) < 4.78 is 5.23. The molecule has 0 aliphatic heterocycles. The molecule has 1 rings (SSSR count). The summed E-state index contributed by atoms with van der Waals surface area (Å²) in [6, 6.07) is 7.33. The lowest BCUT2D eigenvalue weighted by atomic mass is 10.0. The Hall–Kier alpha value is -2.04. The van der Waals surface area contributed by atoms with E-state index in [1.54, 1.807) is 18.1 Å². The van der Waals surface area contributed by atoms with Crippen molar-refractivity contribution in [3.8, 4) is 5.75 Å². The Labute approximate surface area is 113 Å². The van der Waals surface area contributed by atoms with Crippen molar-refractivity contribution in [1.29, 1.82) is 0 Å². The normalized spacial score (nSPS) is 11.7. The Balaban J connectivity index is 2.72. The van der Waals surface area contributed by atoms with E-state index in [1.807, 2.05) is 25.1 Å². The quantitative estimate of drug-likeness (QED) is 0.724. The number of hydrogen-bond acceptors (Lipinski definition) is 3. The molecule has 0 spiro atoms. The summed E-state index contributed by atoms with van der Waals surface area (Å²) >= 11 is 0. The van der Waals surface area contributed by atoms with Crippen LogP contribution in [0.15, 0.2) is 24.3 Å². The van der Waals surface area contributed by atoms with Gasteiger partial charge in [0, 0.05) is 13.0 Å². The fourth-order valence-electron chi connectivity index (χ4n) is 1.88. The van der Waals surface area contributed by atoms with Crippen LogP contribution in [0.25, 0.3) is 0 Å². The summed E-state index contributed by atoms with van der Waals surface area (Å²) in [6.45, 7) is 2.51. The minimum absolute atomic E-state index is 0.183. The van der Waals surface area contributed by atoms with Crippen LogP contribution in [0.5, 0.6) is 5.75 Å². The predicted octanol–water partition coefficient (Wildman–Crippen LogP) is 1.56. The summed E-state index contributed by atoms with van der Waals surface area (Å²) in [5, 5.41) is 0. The van der Waals surface area contributed by atoms with Gasteiger partial charge in [0.25, 0.3) is 0 Å². The van der Waals surface area contributed by atoms with Gasteiger partial charge in [-0.3, -0.25) is 9.59 Å². The highest BCUT2D eigenvalue weighted by Crippen LogP contribution is 2.27. The Morgan fingerprint density at radius 3 is 2.74 bits per heavy atom. The molecule has 5 nitrogen and oxygen atoms in total. The second kappa shape index (κ2) is 7.41. The molecule has 104 valence electrons. The monoisotopic (exact) mass is 264 g/mol. The number of nitrogens with zero attached hydrogens (tertiary/aromatic N) is 1. The Morgan fingerprint density at radius 1 is 1.47 bits per heavy atom. The van der Waals surface area contributed by atoms with Crippen molar-refractivity contribution in [3.05, 3.63) is 24.3 Å². The fraction of sp³-hybridized carbons (Fsp3) is 0.429. The fourth-order valence-corrected chi connectivity index (χ4v) is 1.88. The number of primary amides is 1. The van der Waals surface area contributed by atoms with Gasteiger partial charge in [0.2, 0.25) is 12.3 Å². The largest absolute Gasteiger partial charge is 0.495 e. The van der Waals surface area contributed by atoms with Gasteiger partial charge >= 0.3 is 0 Å². The third-order valence-corrected chi connectivity index (χ3v) is 2.91. The van der Waals surface area contributed by atoms with E-state index in [1.165, 1.54) is 0 Å². The molecule has 19 heavy (non-hydrogen) atoms. The van der Waals surface area contributed by atoms with Gasteiger partial charge in [0.05, 0.1) is 12.8 Å². The second-order valence-electron chi connectivity index (χ2n) is 4.54. The lowest BCUT2D eigenvalue weighted by Crippen LogP contribution is -2.28. The molecule has 1 aromatic carbocycles. The van der Waals surface area contributed by atoms with E-state index in [2.05, 4.69) is 0 Å². The minimum atomic E-state index is -0.318. The molecule has 0 aliphatic carbocycles. The van der Waals surface area contributed by atoms with E-state index in [0.717, 1.165) is 12.1 Å². The van der Waals surface area contributed by atoms with Crippen molar-refractivity contribution in [2.24, 2.45) is 11.7 Å². The SMILES string of the molecule is COc1ccccc1N(C=O)CC(C)CCC(N)=O. The van der Waals surface area contributed by atoms with E-state index in [9.17, 15) is 9.59 Å². The lowest BCUT2D eigenvalue weighted by molar-refractivity contribution is -0.118. The van der Waals surface area contributed by atoms with Crippen LogP contribution >= 0.6 is 0 Å². The number of nitrogens with two attached hydrogens (primary N) is 1. The molecule has 0 radical (unpaired) electrons. The Kier molecular flexibility index (Phi) is 5.85. The number of methoxy groups -OCH3 is 1. The van der Waals surface area contributed by atoms with Crippen LogP contribution in [-0.4, -0.2) is 26.0 Å². The molecule has 0 aromatic heterocycles. The maximum Gasteiger partial charge on any atom is 0.217 e. The number of carbonyl (C=O) groups excluding carboxylic acids is 2. The topological polar surface area (TPSA) is 72.6 Å². The zero-order valence-electron chi connectivity index (χ0n) is 11.3. The zero-order valence-corrected chi connectivity index (χ0v) is 11.3. The highest BCUT2D eigenvalue weighted by atomic mass is 16.5. The van der Waals surface area contributed by atoms with E-state index in [0.29, 0.717) is 25.1 Å². The van der Waals surface area contributed by atoms with Gasteiger partial charge in [-0.05, 0) is 24.5 Å². The van der Waals surface area contributed by atoms with Gasteiger partial charge in [-0.15, -0.1) is 0 Å². The van der Waals surface area contributed by atoms with Crippen molar-refractivity contribution in [1.82, 2.24) is 0 Å². The van der Waals surface area contributed by atoms with Crippen LogP contribution in [0.4, 0.5) is 5.69 Å². The molecule has 5 heteroatoms. The van der Waals surface area contributed by atoms with Crippen LogP contribution in [0, 0.1) is 5.92 Å².